The van der Waals surface area contributed by atoms with E-state index in [0.717, 1.165) is 35.3 Å². The second-order valence-electron chi connectivity index (χ2n) is 15.5. The summed E-state index contributed by atoms with van der Waals surface area (Å²) < 4.78 is 18.4. The van der Waals surface area contributed by atoms with E-state index in [-0.39, 0.29) is 24.7 Å². The molecule has 2 bridgehead atoms. The van der Waals surface area contributed by atoms with Gasteiger partial charge in [0.25, 0.3) is 0 Å². The van der Waals surface area contributed by atoms with Gasteiger partial charge in [0.15, 0.2) is 6.29 Å². The van der Waals surface area contributed by atoms with Gasteiger partial charge in [0, 0.05) is 42.7 Å². The maximum Gasteiger partial charge on any atom is 0.328 e. The predicted molar refractivity (Wildman–Crippen MR) is 189 cm³/mol. The number of hydrogen-bond acceptors (Lipinski definition) is 7. The summed E-state index contributed by atoms with van der Waals surface area (Å²) in [6, 6.07) is 24.2. The average Bonchev–Trinajstić information content (AvgIpc) is 3.32. The predicted octanol–water partition coefficient (Wildman–Crippen LogP) is 6.78. The van der Waals surface area contributed by atoms with Crippen LogP contribution in [0.3, 0.4) is 0 Å². The average molecular weight is 670 g/mol. The number of esters is 1. The van der Waals surface area contributed by atoms with Crippen molar-refractivity contribution in [1.82, 2.24) is 10.2 Å². The third-order valence-corrected chi connectivity index (χ3v) is 10.6. The van der Waals surface area contributed by atoms with Gasteiger partial charge in [-0.05, 0) is 58.9 Å². The molecule has 1 saturated carbocycles. The smallest absolute Gasteiger partial charge is 0.328 e. The zero-order valence-electron chi connectivity index (χ0n) is 29.4. The highest BCUT2D eigenvalue weighted by atomic mass is 16.7. The van der Waals surface area contributed by atoms with Gasteiger partial charge in [-0.2, -0.15) is 0 Å². The molecule has 2 aliphatic heterocycles. The highest BCUT2D eigenvalue weighted by Crippen LogP contribution is 2.53. The van der Waals surface area contributed by atoms with Crippen LogP contribution < -0.4 is 10.6 Å². The number of amides is 2. The number of nitrogens with one attached hydrogen (secondary N) is 2. The molecule has 0 radical (unpaired) electrons. The summed E-state index contributed by atoms with van der Waals surface area (Å²) in [7, 11) is 1.31. The minimum absolute atomic E-state index is 0.00401. The van der Waals surface area contributed by atoms with Crippen molar-refractivity contribution in [3.8, 4) is 0 Å². The van der Waals surface area contributed by atoms with E-state index in [2.05, 4.69) is 43.2 Å². The number of aliphatic hydroxyl groups is 1. The zero-order chi connectivity index (χ0) is 34.8. The Bertz CT molecular complexity index is 1580. The van der Waals surface area contributed by atoms with Gasteiger partial charge < -0.3 is 30.0 Å². The molecular formula is C40H51N3O6. The molecule has 49 heavy (non-hydrogen) atoms. The van der Waals surface area contributed by atoms with E-state index >= 15 is 0 Å². The molecule has 2 amide bonds. The molecule has 3 fully saturated rings. The lowest BCUT2D eigenvalue weighted by atomic mass is 9.65. The highest BCUT2D eigenvalue weighted by Gasteiger charge is 2.51. The summed E-state index contributed by atoms with van der Waals surface area (Å²) in [5.74, 6) is -0.416. The van der Waals surface area contributed by atoms with Crippen molar-refractivity contribution in [2.45, 2.75) is 90.6 Å². The number of hydrogen-bond donors (Lipinski definition) is 3. The first-order valence-corrected chi connectivity index (χ1v) is 17.5. The molecule has 2 saturated heterocycles. The van der Waals surface area contributed by atoms with Crippen LogP contribution in [0, 0.1) is 16.7 Å². The molecule has 7 atom stereocenters. The van der Waals surface area contributed by atoms with Crippen molar-refractivity contribution in [2.75, 3.05) is 25.5 Å². The Morgan fingerprint density at radius 3 is 2.31 bits per heavy atom. The van der Waals surface area contributed by atoms with E-state index in [1.54, 1.807) is 0 Å². The molecule has 3 aromatic carbocycles. The maximum atomic E-state index is 13.0. The Labute approximate surface area is 290 Å². The Hall–Kier alpha value is -3.76. The number of carbonyl (C=O) groups excluding carboxylic acids is 2. The maximum absolute atomic E-state index is 13.0. The van der Waals surface area contributed by atoms with E-state index < -0.39 is 24.3 Å². The summed E-state index contributed by atoms with van der Waals surface area (Å²) in [5.41, 5.74) is 4.92. The monoisotopic (exact) mass is 669 g/mol. The van der Waals surface area contributed by atoms with Crippen LogP contribution in [0.15, 0.2) is 78.9 Å². The van der Waals surface area contributed by atoms with Crippen LogP contribution in [-0.4, -0.2) is 60.4 Å². The van der Waals surface area contributed by atoms with Crippen LogP contribution in [0.5, 0.6) is 0 Å². The number of anilines is 1. The van der Waals surface area contributed by atoms with Crippen molar-refractivity contribution in [2.24, 2.45) is 16.7 Å². The molecule has 6 rings (SSSR count). The number of benzene rings is 3. The van der Waals surface area contributed by atoms with Crippen molar-refractivity contribution in [3.63, 3.8) is 0 Å². The number of urea groups is 1. The SMILES string of the molecule is COC(=O)[C@H](Cc1ccccc1)NC(=O)Nc1ccc([C@H]2O[C@@H](CN3CC4(C)CC3CC(C)(C)C4)[C@@H](C)[C@@H](c3ccc(CO)cc3)O2)cc1. The van der Waals surface area contributed by atoms with E-state index in [4.69, 9.17) is 14.2 Å². The van der Waals surface area contributed by atoms with Crippen LogP contribution >= 0.6 is 0 Å². The number of carbonyl (C=O) groups is 2. The molecular weight excluding hydrogens is 618 g/mol. The molecule has 0 aromatic heterocycles. The second-order valence-corrected chi connectivity index (χ2v) is 15.5. The summed E-state index contributed by atoms with van der Waals surface area (Å²) >= 11 is 0. The molecule has 262 valence electrons. The number of methoxy groups -OCH3 is 1. The van der Waals surface area contributed by atoms with Crippen molar-refractivity contribution in [3.05, 3.63) is 101 Å². The Morgan fingerprint density at radius 2 is 1.63 bits per heavy atom. The number of ether oxygens (including phenoxy) is 3. The third kappa shape index (κ3) is 8.35. The molecule has 2 unspecified atom stereocenters. The molecule has 2 heterocycles. The third-order valence-electron chi connectivity index (χ3n) is 10.6. The molecule has 3 aliphatic rings. The molecule has 9 nitrogen and oxygen atoms in total. The van der Waals surface area contributed by atoms with Crippen molar-refractivity contribution < 1.29 is 28.9 Å². The largest absolute Gasteiger partial charge is 0.467 e. The fourth-order valence-electron chi connectivity index (χ4n) is 8.58. The van der Waals surface area contributed by atoms with Crippen LogP contribution in [-0.2, 0) is 32.0 Å². The number of nitrogens with zero attached hydrogens (tertiary/aromatic N) is 1. The van der Waals surface area contributed by atoms with Crippen molar-refractivity contribution in [1.29, 1.82) is 0 Å². The Balaban J connectivity index is 1.16. The Kier molecular flexibility index (Phi) is 10.5. The van der Waals surface area contributed by atoms with Crippen molar-refractivity contribution >= 4 is 17.7 Å². The van der Waals surface area contributed by atoms with Gasteiger partial charge in [-0.1, -0.05) is 94.4 Å². The van der Waals surface area contributed by atoms with E-state index in [1.165, 1.54) is 26.4 Å². The number of fused-ring (bicyclic) bond motifs is 2. The minimum atomic E-state index is -0.832. The lowest BCUT2D eigenvalue weighted by Gasteiger charge is -2.43. The topological polar surface area (TPSA) is 109 Å². The standard InChI is InChI=1S/C40H51N3O6/c1-26-34(22-43-25-40(4)21-32(43)20-39(2,3)24-40)48-37(49-35(26)29-13-11-28(23-44)12-14-29)30-15-17-31(18-16-30)41-38(46)42-33(36(45)47-5)19-27-9-7-6-8-10-27/h6-18,26,32-35,37,44H,19-25H2,1-5H3,(H2,41,42,46)/t26-,32?,33+,34+,35+,37+,40?/m1/s1. The first-order chi connectivity index (χ1) is 23.4. The molecule has 3 N–H and O–H groups in total. The van der Waals surface area contributed by atoms with Gasteiger partial charge in [0.05, 0.1) is 25.9 Å². The number of aliphatic hydroxyl groups excluding tert-OH is 1. The minimum Gasteiger partial charge on any atom is -0.467 e. The van der Waals surface area contributed by atoms with E-state index in [9.17, 15) is 14.7 Å². The quantitative estimate of drug-likeness (QED) is 0.204. The van der Waals surface area contributed by atoms with Gasteiger partial charge in [-0.3, -0.25) is 4.90 Å². The van der Waals surface area contributed by atoms with Gasteiger partial charge >= 0.3 is 12.0 Å². The van der Waals surface area contributed by atoms with Gasteiger partial charge in [-0.15, -0.1) is 0 Å². The molecule has 3 aromatic rings. The first-order valence-electron chi connectivity index (χ1n) is 17.5. The second kappa shape index (κ2) is 14.6. The summed E-state index contributed by atoms with van der Waals surface area (Å²) in [6.45, 7) is 11.4. The fourth-order valence-corrected chi connectivity index (χ4v) is 8.58. The summed E-state index contributed by atoms with van der Waals surface area (Å²) in [5, 5.41) is 15.2. The zero-order valence-corrected chi connectivity index (χ0v) is 29.4. The number of likely N-dealkylation sites (tertiary alicyclic amines) is 1. The first kappa shape index (κ1) is 35.1. The van der Waals surface area contributed by atoms with Crippen LogP contribution in [0.25, 0.3) is 0 Å². The van der Waals surface area contributed by atoms with Crippen LogP contribution in [0.1, 0.15) is 81.6 Å². The summed E-state index contributed by atoms with van der Waals surface area (Å²) in [6.07, 6.45) is 3.13. The lowest BCUT2D eigenvalue weighted by Crippen LogP contribution is -2.46. The van der Waals surface area contributed by atoms with E-state index in [1.807, 2.05) is 78.9 Å². The van der Waals surface area contributed by atoms with Crippen LogP contribution in [0.4, 0.5) is 10.5 Å². The number of rotatable bonds is 10. The summed E-state index contributed by atoms with van der Waals surface area (Å²) in [4.78, 5) is 28.0. The van der Waals surface area contributed by atoms with Gasteiger partial charge in [0.1, 0.15) is 6.04 Å². The molecule has 1 aliphatic carbocycles. The Morgan fingerprint density at radius 1 is 0.939 bits per heavy atom. The highest BCUT2D eigenvalue weighted by molar-refractivity contribution is 5.92. The fraction of sp³-hybridized carbons (Fsp3) is 0.500. The molecule has 9 heteroatoms. The lowest BCUT2D eigenvalue weighted by molar-refractivity contribution is -0.276. The normalized spacial score (nSPS) is 28.4. The van der Waals surface area contributed by atoms with E-state index in [0.29, 0.717) is 29.0 Å². The molecule has 0 spiro atoms. The van der Waals surface area contributed by atoms with Gasteiger partial charge in [-0.25, -0.2) is 9.59 Å². The van der Waals surface area contributed by atoms with Crippen LogP contribution in [0.2, 0.25) is 0 Å². The van der Waals surface area contributed by atoms with Gasteiger partial charge in [0.2, 0.25) is 0 Å².